The van der Waals surface area contributed by atoms with Crippen LogP contribution >= 0.6 is 0 Å². The third-order valence-electron chi connectivity index (χ3n) is 6.81. The lowest BCUT2D eigenvalue weighted by Gasteiger charge is -2.52. The van der Waals surface area contributed by atoms with E-state index in [1.54, 1.807) is 19.5 Å². The van der Waals surface area contributed by atoms with Crippen LogP contribution < -0.4 is 15.8 Å². The van der Waals surface area contributed by atoms with E-state index in [2.05, 4.69) is 10.3 Å². The molecule has 10 heteroatoms. The monoisotopic (exact) mass is 497 g/mol. The minimum absolute atomic E-state index is 0.143. The number of carbonyl (C=O) groups is 1. The molecule has 0 spiro atoms. The number of piperidine rings is 1. The number of amides is 1. The number of imidazole rings is 1. The second-order valence-corrected chi connectivity index (χ2v) is 9.25. The standard InChI is InChI=1S/C26H26F3N5O2/c1-15-12-33(14-32-15)21-4-3-16(8-23(21)36-2)7-17-5-6-26(30)13-31-11-22(34(26)25(17)35)18-9-19(27)24(29)20(28)10-18/h3-4,7-10,12,14,22,31H,5-6,11,13,30H2,1-2H3/b17-7+/t22-,26-/m0/s1. The Morgan fingerprint density at radius 3 is 2.64 bits per heavy atom. The number of nitrogens with zero attached hydrogens (tertiary/aromatic N) is 3. The lowest BCUT2D eigenvalue weighted by Crippen LogP contribution is -2.70. The van der Waals surface area contributed by atoms with Gasteiger partial charge in [-0.05, 0) is 61.2 Å². The predicted octanol–water partition coefficient (Wildman–Crippen LogP) is 3.61. The van der Waals surface area contributed by atoms with Crippen molar-refractivity contribution in [3.63, 3.8) is 0 Å². The van der Waals surface area contributed by atoms with Crippen LogP contribution in [-0.2, 0) is 4.79 Å². The Bertz CT molecular complexity index is 1350. The highest BCUT2D eigenvalue weighted by molar-refractivity contribution is 5.99. The summed E-state index contributed by atoms with van der Waals surface area (Å²) in [6.45, 7) is 2.46. The second-order valence-electron chi connectivity index (χ2n) is 9.25. The quantitative estimate of drug-likeness (QED) is 0.425. The molecule has 2 saturated heterocycles. The fourth-order valence-corrected chi connectivity index (χ4v) is 5.00. The maximum atomic E-state index is 14.0. The van der Waals surface area contributed by atoms with Gasteiger partial charge < -0.3 is 25.3 Å². The van der Waals surface area contributed by atoms with Gasteiger partial charge in [0.05, 0.1) is 30.9 Å². The topological polar surface area (TPSA) is 85.4 Å². The number of methoxy groups -OCH3 is 1. The van der Waals surface area contributed by atoms with Crippen molar-refractivity contribution in [1.82, 2.24) is 19.8 Å². The molecule has 0 radical (unpaired) electrons. The molecule has 3 N–H and O–H groups in total. The normalized spacial score (nSPS) is 23.2. The van der Waals surface area contributed by atoms with E-state index in [9.17, 15) is 18.0 Å². The summed E-state index contributed by atoms with van der Waals surface area (Å²) in [5.74, 6) is -3.88. The molecule has 2 atom stereocenters. The lowest BCUT2D eigenvalue weighted by atomic mass is 9.85. The van der Waals surface area contributed by atoms with Gasteiger partial charge in [0.1, 0.15) is 11.4 Å². The molecule has 1 aromatic heterocycles. The van der Waals surface area contributed by atoms with Crippen molar-refractivity contribution >= 4 is 12.0 Å². The van der Waals surface area contributed by atoms with Gasteiger partial charge in [0.15, 0.2) is 17.5 Å². The third kappa shape index (κ3) is 4.16. The number of aromatic nitrogens is 2. The van der Waals surface area contributed by atoms with Crippen molar-refractivity contribution in [3.05, 3.63) is 82.7 Å². The average molecular weight is 498 g/mol. The number of ether oxygens (including phenoxy) is 1. The van der Waals surface area contributed by atoms with Crippen LogP contribution in [0.25, 0.3) is 11.8 Å². The first-order chi connectivity index (χ1) is 17.2. The van der Waals surface area contributed by atoms with E-state index in [-0.39, 0.29) is 18.0 Å². The number of fused-ring (bicyclic) bond motifs is 1. The third-order valence-corrected chi connectivity index (χ3v) is 6.81. The Morgan fingerprint density at radius 2 is 1.97 bits per heavy atom. The van der Waals surface area contributed by atoms with E-state index in [1.165, 1.54) is 4.90 Å². The second kappa shape index (κ2) is 9.11. The first-order valence-corrected chi connectivity index (χ1v) is 11.6. The number of aryl methyl sites for hydroxylation is 1. The minimum Gasteiger partial charge on any atom is -0.495 e. The Morgan fingerprint density at radius 1 is 1.22 bits per heavy atom. The molecule has 3 heterocycles. The molecule has 2 aliphatic rings. The fourth-order valence-electron chi connectivity index (χ4n) is 5.00. The Balaban J connectivity index is 1.49. The minimum atomic E-state index is -1.55. The van der Waals surface area contributed by atoms with Gasteiger partial charge in [-0.3, -0.25) is 4.79 Å². The van der Waals surface area contributed by atoms with Gasteiger partial charge in [-0.15, -0.1) is 0 Å². The SMILES string of the molecule is COc1cc(/C=C2\CC[C@@]3(N)CNC[C@@H](c4cc(F)c(F)c(F)c4)N3C2=O)ccc1-n1cnc(C)c1. The zero-order valence-electron chi connectivity index (χ0n) is 19.9. The summed E-state index contributed by atoms with van der Waals surface area (Å²) in [5, 5.41) is 3.15. The number of piperazine rings is 1. The van der Waals surface area contributed by atoms with E-state index in [0.29, 0.717) is 30.7 Å². The van der Waals surface area contributed by atoms with Gasteiger partial charge in [-0.2, -0.15) is 0 Å². The van der Waals surface area contributed by atoms with Crippen molar-refractivity contribution < 1.29 is 22.7 Å². The number of rotatable bonds is 4. The molecule has 5 rings (SSSR count). The molecule has 0 bridgehead atoms. The molecule has 0 saturated carbocycles. The Labute approximate surface area is 206 Å². The zero-order chi connectivity index (χ0) is 25.6. The summed E-state index contributed by atoms with van der Waals surface area (Å²) in [7, 11) is 1.57. The number of halogens is 3. The van der Waals surface area contributed by atoms with Crippen molar-refractivity contribution in [2.75, 3.05) is 20.2 Å². The molecule has 0 aliphatic carbocycles. The number of benzene rings is 2. The van der Waals surface area contributed by atoms with Gasteiger partial charge in [-0.1, -0.05) is 6.07 Å². The molecule has 36 heavy (non-hydrogen) atoms. The summed E-state index contributed by atoms with van der Waals surface area (Å²) in [5.41, 5.74) is 8.64. The van der Waals surface area contributed by atoms with Crippen LogP contribution in [0.3, 0.4) is 0 Å². The average Bonchev–Trinajstić information content (AvgIpc) is 3.29. The van der Waals surface area contributed by atoms with Crippen LogP contribution in [0.1, 0.15) is 35.7 Å². The van der Waals surface area contributed by atoms with Crippen molar-refractivity contribution in [1.29, 1.82) is 0 Å². The largest absolute Gasteiger partial charge is 0.495 e. The number of hydrogen-bond acceptors (Lipinski definition) is 5. The first-order valence-electron chi connectivity index (χ1n) is 11.6. The highest BCUT2D eigenvalue weighted by Crippen LogP contribution is 2.39. The predicted molar refractivity (Wildman–Crippen MR) is 128 cm³/mol. The van der Waals surface area contributed by atoms with Gasteiger partial charge in [0, 0.05) is 24.9 Å². The molecule has 2 fully saturated rings. The van der Waals surface area contributed by atoms with E-state index in [4.69, 9.17) is 10.5 Å². The summed E-state index contributed by atoms with van der Waals surface area (Å²) < 4.78 is 49.0. The van der Waals surface area contributed by atoms with Crippen LogP contribution in [0.4, 0.5) is 13.2 Å². The molecule has 3 aromatic rings. The number of nitrogens with two attached hydrogens (primary N) is 1. The Hall–Kier alpha value is -3.63. The highest BCUT2D eigenvalue weighted by Gasteiger charge is 2.48. The summed E-state index contributed by atoms with van der Waals surface area (Å²) in [4.78, 5) is 19.4. The number of carbonyl (C=O) groups excluding carboxylic acids is 1. The van der Waals surface area contributed by atoms with Gasteiger partial charge in [0.2, 0.25) is 0 Å². The molecule has 1 amide bonds. The molecule has 2 aromatic carbocycles. The van der Waals surface area contributed by atoms with Gasteiger partial charge in [0.25, 0.3) is 5.91 Å². The lowest BCUT2D eigenvalue weighted by molar-refractivity contribution is -0.143. The van der Waals surface area contributed by atoms with E-state index in [1.807, 2.05) is 35.9 Å². The van der Waals surface area contributed by atoms with Gasteiger partial charge in [-0.25, -0.2) is 18.2 Å². The number of hydrogen-bond donors (Lipinski definition) is 2. The van der Waals surface area contributed by atoms with Crippen molar-refractivity contribution in [3.8, 4) is 11.4 Å². The van der Waals surface area contributed by atoms with E-state index in [0.717, 1.165) is 29.1 Å². The van der Waals surface area contributed by atoms with E-state index < -0.39 is 29.2 Å². The summed E-state index contributed by atoms with van der Waals surface area (Å²) in [6.07, 6.45) is 6.23. The van der Waals surface area contributed by atoms with Crippen LogP contribution in [-0.4, -0.2) is 46.2 Å². The number of nitrogens with one attached hydrogen (secondary N) is 1. The Kier molecular flexibility index (Phi) is 6.09. The smallest absolute Gasteiger partial charge is 0.251 e. The van der Waals surface area contributed by atoms with Crippen molar-refractivity contribution in [2.24, 2.45) is 5.73 Å². The summed E-state index contributed by atoms with van der Waals surface area (Å²) in [6, 6.07) is 6.66. The molecular formula is C26H26F3N5O2. The van der Waals surface area contributed by atoms with Crippen molar-refractivity contribution in [2.45, 2.75) is 31.5 Å². The summed E-state index contributed by atoms with van der Waals surface area (Å²) >= 11 is 0. The van der Waals surface area contributed by atoms with Crippen LogP contribution in [0.2, 0.25) is 0 Å². The van der Waals surface area contributed by atoms with Crippen LogP contribution in [0.15, 0.2) is 48.4 Å². The molecule has 2 aliphatic heterocycles. The fraction of sp³-hybridized carbons (Fsp3) is 0.308. The van der Waals surface area contributed by atoms with Gasteiger partial charge >= 0.3 is 0 Å². The molecular weight excluding hydrogens is 471 g/mol. The van der Waals surface area contributed by atoms with Crippen LogP contribution in [0, 0.1) is 24.4 Å². The van der Waals surface area contributed by atoms with E-state index >= 15 is 0 Å². The first kappa shape index (κ1) is 24.1. The molecule has 7 nitrogen and oxygen atoms in total. The highest BCUT2D eigenvalue weighted by atomic mass is 19.2. The maximum Gasteiger partial charge on any atom is 0.251 e. The maximum absolute atomic E-state index is 14.0. The van der Waals surface area contributed by atoms with Crippen LogP contribution in [0.5, 0.6) is 5.75 Å². The molecule has 0 unspecified atom stereocenters. The zero-order valence-corrected chi connectivity index (χ0v) is 19.9. The molecule has 188 valence electrons.